The molecule has 0 fully saturated rings. The fourth-order valence-electron chi connectivity index (χ4n) is 2.42. The summed E-state index contributed by atoms with van der Waals surface area (Å²) in [6.45, 7) is 9.27. The van der Waals surface area contributed by atoms with Crippen LogP contribution in [-0.2, 0) is 0 Å². The van der Waals surface area contributed by atoms with Crippen LogP contribution in [0.15, 0.2) is 23.3 Å². The first kappa shape index (κ1) is 13.5. The molecule has 16 heavy (non-hydrogen) atoms. The molecule has 1 atom stereocenters. The maximum atomic E-state index is 2.37. The van der Waals surface area contributed by atoms with Crippen molar-refractivity contribution in [1.29, 1.82) is 0 Å². The van der Waals surface area contributed by atoms with E-state index >= 15 is 0 Å². The Morgan fingerprint density at radius 2 is 1.94 bits per heavy atom. The van der Waals surface area contributed by atoms with Gasteiger partial charge in [-0.3, -0.25) is 0 Å². The van der Waals surface area contributed by atoms with Crippen molar-refractivity contribution in [2.24, 2.45) is 5.41 Å². The summed E-state index contributed by atoms with van der Waals surface area (Å²) in [5, 5.41) is 0. The summed E-state index contributed by atoms with van der Waals surface area (Å²) in [6, 6.07) is 0.512. The first-order valence-corrected chi connectivity index (χ1v) is 6.39. The van der Waals surface area contributed by atoms with Crippen molar-refractivity contribution >= 4 is 0 Å². The maximum Gasteiger partial charge on any atom is 0.0246 e. The van der Waals surface area contributed by atoms with Crippen molar-refractivity contribution in [3.63, 3.8) is 0 Å². The Labute approximate surface area is 101 Å². The third-order valence-electron chi connectivity index (χ3n) is 3.90. The van der Waals surface area contributed by atoms with E-state index in [1.165, 1.54) is 19.3 Å². The van der Waals surface area contributed by atoms with Crippen molar-refractivity contribution < 1.29 is 0 Å². The molecule has 0 bridgehead atoms. The zero-order valence-electron chi connectivity index (χ0n) is 11.8. The summed E-state index contributed by atoms with van der Waals surface area (Å²) in [7, 11) is 4.25. The Morgan fingerprint density at radius 1 is 1.31 bits per heavy atom. The highest BCUT2D eigenvalue weighted by molar-refractivity contribution is 5.33. The fourth-order valence-corrected chi connectivity index (χ4v) is 2.42. The van der Waals surface area contributed by atoms with Gasteiger partial charge in [0.1, 0.15) is 0 Å². The van der Waals surface area contributed by atoms with Crippen LogP contribution in [0.25, 0.3) is 0 Å². The van der Waals surface area contributed by atoms with Gasteiger partial charge in [-0.2, -0.15) is 0 Å². The smallest absolute Gasteiger partial charge is 0.0246 e. The average molecular weight is 221 g/mol. The largest absolute Gasteiger partial charge is 0.303 e. The van der Waals surface area contributed by atoms with Crippen molar-refractivity contribution in [1.82, 2.24) is 4.90 Å². The summed E-state index contributed by atoms with van der Waals surface area (Å²) in [6.07, 6.45) is 8.63. The van der Waals surface area contributed by atoms with Gasteiger partial charge in [0.15, 0.2) is 0 Å². The molecule has 1 aliphatic rings. The van der Waals surface area contributed by atoms with E-state index in [0.717, 1.165) is 0 Å². The summed E-state index contributed by atoms with van der Waals surface area (Å²) in [4.78, 5) is 2.24. The van der Waals surface area contributed by atoms with Gasteiger partial charge in [-0.05, 0) is 58.2 Å². The van der Waals surface area contributed by atoms with Crippen molar-refractivity contribution in [2.75, 3.05) is 14.1 Å². The lowest BCUT2D eigenvalue weighted by atomic mass is 9.72. The van der Waals surface area contributed by atoms with E-state index in [0.29, 0.717) is 11.5 Å². The second-order valence-electron chi connectivity index (χ2n) is 5.99. The van der Waals surface area contributed by atoms with Gasteiger partial charge < -0.3 is 4.90 Å². The molecule has 1 aliphatic carbocycles. The summed E-state index contributed by atoms with van der Waals surface area (Å²) >= 11 is 0. The highest BCUT2D eigenvalue weighted by Gasteiger charge is 2.26. The first-order valence-electron chi connectivity index (χ1n) is 6.39. The van der Waals surface area contributed by atoms with Crippen LogP contribution >= 0.6 is 0 Å². The highest BCUT2D eigenvalue weighted by Crippen LogP contribution is 2.40. The number of rotatable bonds is 3. The monoisotopic (exact) mass is 221 g/mol. The lowest BCUT2D eigenvalue weighted by molar-refractivity contribution is 0.359. The molecule has 1 unspecified atom stereocenters. The number of hydrogen-bond acceptors (Lipinski definition) is 1. The van der Waals surface area contributed by atoms with Crippen LogP contribution in [0.4, 0.5) is 0 Å². The molecule has 1 heteroatoms. The SMILES string of the molecule is CC1=C(/C=C/C(C)N(C)C)C(C)(C)CCC1. The van der Waals surface area contributed by atoms with E-state index in [4.69, 9.17) is 0 Å². The van der Waals surface area contributed by atoms with Crippen LogP contribution in [-0.4, -0.2) is 25.0 Å². The molecule has 0 aromatic heterocycles. The second kappa shape index (κ2) is 5.18. The van der Waals surface area contributed by atoms with Crippen LogP contribution in [0.1, 0.15) is 47.0 Å². The Hall–Kier alpha value is -0.560. The molecule has 1 rings (SSSR count). The molecule has 0 heterocycles. The maximum absolute atomic E-state index is 2.37. The van der Waals surface area contributed by atoms with Gasteiger partial charge in [0.25, 0.3) is 0 Å². The minimum absolute atomic E-state index is 0.366. The van der Waals surface area contributed by atoms with Gasteiger partial charge in [0.05, 0.1) is 0 Å². The average Bonchev–Trinajstić information content (AvgIpc) is 2.15. The minimum atomic E-state index is 0.366. The lowest BCUT2D eigenvalue weighted by Crippen LogP contribution is -2.23. The molecule has 1 nitrogen and oxygen atoms in total. The molecule has 0 saturated carbocycles. The Balaban J connectivity index is 2.85. The molecular weight excluding hydrogens is 194 g/mol. The first-order chi connectivity index (χ1) is 7.34. The van der Waals surface area contributed by atoms with Gasteiger partial charge >= 0.3 is 0 Å². The molecule has 92 valence electrons. The Kier molecular flexibility index (Phi) is 4.37. The van der Waals surface area contributed by atoms with Crippen molar-refractivity contribution in [2.45, 2.75) is 53.0 Å². The van der Waals surface area contributed by atoms with Gasteiger partial charge in [0.2, 0.25) is 0 Å². The summed E-state index contributed by atoms with van der Waals surface area (Å²) in [5.41, 5.74) is 3.51. The summed E-state index contributed by atoms with van der Waals surface area (Å²) < 4.78 is 0. The third-order valence-corrected chi connectivity index (χ3v) is 3.90. The second-order valence-corrected chi connectivity index (χ2v) is 5.99. The lowest BCUT2D eigenvalue weighted by Gasteiger charge is -2.33. The van der Waals surface area contributed by atoms with E-state index in [2.05, 4.69) is 58.8 Å². The van der Waals surface area contributed by atoms with E-state index in [-0.39, 0.29) is 0 Å². The third kappa shape index (κ3) is 3.21. The molecule has 0 N–H and O–H groups in total. The van der Waals surface area contributed by atoms with E-state index < -0.39 is 0 Å². The zero-order chi connectivity index (χ0) is 12.3. The highest BCUT2D eigenvalue weighted by atomic mass is 15.1. The predicted octanol–water partition coefficient (Wildman–Crippen LogP) is 4.02. The quantitative estimate of drug-likeness (QED) is 0.696. The van der Waals surface area contributed by atoms with E-state index in [1.54, 1.807) is 11.1 Å². The molecular formula is C15H27N. The molecule has 0 aromatic carbocycles. The normalized spacial score (nSPS) is 23.2. The van der Waals surface area contributed by atoms with Crippen molar-refractivity contribution in [3.8, 4) is 0 Å². The van der Waals surface area contributed by atoms with Crippen LogP contribution in [0.2, 0.25) is 0 Å². The molecule has 0 radical (unpaired) electrons. The fraction of sp³-hybridized carbons (Fsp3) is 0.733. The Bertz CT molecular complexity index is 295. The Morgan fingerprint density at radius 3 is 2.44 bits per heavy atom. The van der Waals surface area contributed by atoms with Crippen LogP contribution in [0.5, 0.6) is 0 Å². The molecule has 0 aromatic rings. The zero-order valence-corrected chi connectivity index (χ0v) is 11.8. The molecule has 0 saturated heterocycles. The van der Waals surface area contributed by atoms with Crippen molar-refractivity contribution in [3.05, 3.63) is 23.3 Å². The van der Waals surface area contributed by atoms with Gasteiger partial charge in [-0.1, -0.05) is 31.6 Å². The van der Waals surface area contributed by atoms with E-state index in [9.17, 15) is 0 Å². The minimum Gasteiger partial charge on any atom is -0.303 e. The van der Waals surface area contributed by atoms with Gasteiger partial charge in [0, 0.05) is 6.04 Å². The van der Waals surface area contributed by atoms with Gasteiger partial charge in [-0.25, -0.2) is 0 Å². The summed E-state index contributed by atoms with van der Waals surface area (Å²) in [5.74, 6) is 0. The molecule has 0 amide bonds. The number of nitrogens with zero attached hydrogens (tertiary/aromatic N) is 1. The molecule has 0 spiro atoms. The molecule has 0 aliphatic heterocycles. The number of allylic oxidation sites excluding steroid dienone is 3. The van der Waals surface area contributed by atoms with Crippen LogP contribution < -0.4 is 0 Å². The number of likely N-dealkylation sites (N-methyl/N-ethyl adjacent to an activating group) is 1. The van der Waals surface area contributed by atoms with Gasteiger partial charge in [-0.15, -0.1) is 0 Å². The van der Waals surface area contributed by atoms with Crippen LogP contribution in [0, 0.1) is 5.41 Å². The van der Waals surface area contributed by atoms with E-state index in [1.807, 2.05) is 0 Å². The number of hydrogen-bond donors (Lipinski definition) is 0. The topological polar surface area (TPSA) is 3.24 Å². The standard InChI is InChI=1S/C15H27N/c1-12-8-7-11-15(3,4)14(12)10-9-13(2)16(5)6/h9-10,13H,7-8,11H2,1-6H3/b10-9+. The predicted molar refractivity (Wildman–Crippen MR) is 72.6 cm³/mol. The van der Waals surface area contributed by atoms with Crippen LogP contribution in [0.3, 0.4) is 0 Å².